The van der Waals surface area contributed by atoms with Gasteiger partial charge in [-0.25, -0.2) is 5.01 Å². The predicted molar refractivity (Wildman–Crippen MR) is 106 cm³/mol. The van der Waals surface area contributed by atoms with Gasteiger partial charge in [-0.2, -0.15) is 5.10 Å². The van der Waals surface area contributed by atoms with E-state index in [0.717, 1.165) is 55.1 Å². The van der Waals surface area contributed by atoms with E-state index in [1.165, 1.54) is 0 Å². The van der Waals surface area contributed by atoms with Crippen LogP contribution in [-0.2, 0) is 4.79 Å². The first-order valence-corrected chi connectivity index (χ1v) is 10.5. The Kier molecular flexibility index (Phi) is 6.57. The molecule has 0 saturated heterocycles. The number of carbonyl (C=O) groups excluding carboxylic acids is 1. The summed E-state index contributed by atoms with van der Waals surface area (Å²) in [7, 11) is 3.28. The topological polar surface area (TPSA) is 51.1 Å². The van der Waals surface area contributed by atoms with Crippen molar-refractivity contribution in [2.24, 2.45) is 16.9 Å². The van der Waals surface area contributed by atoms with Gasteiger partial charge >= 0.3 is 0 Å². The standard InChI is InChI=1S/C20H27BrN2O3/c1-25-17-10-9-14(13-18(17)26-2)19-15-7-3-4-8-16(15)20(24)23(22-19)12-6-5-11-21/h9-10,13,15-16H,3-8,11-12H2,1-2H3/t15-,16+/m0/s1. The van der Waals surface area contributed by atoms with Crippen LogP contribution >= 0.6 is 15.9 Å². The van der Waals surface area contributed by atoms with E-state index in [0.29, 0.717) is 18.0 Å². The molecule has 2 atom stereocenters. The van der Waals surface area contributed by atoms with Gasteiger partial charge in [-0.3, -0.25) is 4.79 Å². The highest BCUT2D eigenvalue weighted by Crippen LogP contribution is 2.39. The smallest absolute Gasteiger partial charge is 0.246 e. The highest BCUT2D eigenvalue weighted by Gasteiger charge is 2.41. The molecule has 6 heteroatoms. The van der Waals surface area contributed by atoms with Crippen molar-refractivity contribution in [3.8, 4) is 11.5 Å². The summed E-state index contributed by atoms with van der Waals surface area (Å²) in [5.41, 5.74) is 2.05. The summed E-state index contributed by atoms with van der Waals surface area (Å²) < 4.78 is 10.8. The van der Waals surface area contributed by atoms with E-state index >= 15 is 0 Å². The number of carbonyl (C=O) groups is 1. The van der Waals surface area contributed by atoms with Crippen molar-refractivity contribution < 1.29 is 14.3 Å². The predicted octanol–water partition coefficient (Wildman–Crippen LogP) is 4.23. The fourth-order valence-electron chi connectivity index (χ4n) is 3.98. The summed E-state index contributed by atoms with van der Waals surface area (Å²) in [4.78, 5) is 12.9. The number of amides is 1. The van der Waals surface area contributed by atoms with E-state index in [1.54, 1.807) is 19.2 Å². The molecule has 142 valence electrons. The van der Waals surface area contributed by atoms with Crippen LogP contribution < -0.4 is 9.47 Å². The van der Waals surface area contributed by atoms with Crippen molar-refractivity contribution in [2.75, 3.05) is 26.1 Å². The fraction of sp³-hybridized carbons (Fsp3) is 0.600. The number of fused-ring (bicyclic) bond motifs is 1. The molecular formula is C20H27BrN2O3. The molecule has 3 rings (SSSR count). The molecule has 1 heterocycles. The zero-order valence-corrected chi connectivity index (χ0v) is 17.1. The second-order valence-electron chi connectivity index (χ2n) is 6.91. The van der Waals surface area contributed by atoms with Crippen molar-refractivity contribution in [2.45, 2.75) is 38.5 Å². The van der Waals surface area contributed by atoms with Crippen molar-refractivity contribution in [3.63, 3.8) is 0 Å². The number of ether oxygens (including phenoxy) is 2. The Bertz CT molecular complexity index is 677. The number of hydrazone groups is 1. The first-order valence-electron chi connectivity index (χ1n) is 9.37. The van der Waals surface area contributed by atoms with E-state index in [4.69, 9.17) is 14.6 Å². The molecule has 0 bridgehead atoms. The maximum atomic E-state index is 12.9. The van der Waals surface area contributed by atoms with Crippen molar-refractivity contribution in [1.82, 2.24) is 5.01 Å². The lowest BCUT2D eigenvalue weighted by molar-refractivity contribution is -0.139. The molecule has 0 spiro atoms. The van der Waals surface area contributed by atoms with Gasteiger partial charge < -0.3 is 9.47 Å². The average molecular weight is 423 g/mol. The van der Waals surface area contributed by atoms with Crippen LogP contribution in [0, 0.1) is 11.8 Å². The van der Waals surface area contributed by atoms with E-state index in [2.05, 4.69) is 15.9 Å². The number of halogens is 1. The number of hydrogen-bond donors (Lipinski definition) is 0. The summed E-state index contributed by atoms with van der Waals surface area (Å²) in [6, 6.07) is 5.92. The summed E-state index contributed by atoms with van der Waals surface area (Å²) in [5, 5.41) is 7.47. The maximum absolute atomic E-state index is 12.9. The monoisotopic (exact) mass is 422 g/mol. The van der Waals surface area contributed by atoms with Crippen molar-refractivity contribution in [1.29, 1.82) is 0 Å². The number of alkyl halides is 1. The van der Waals surface area contributed by atoms with E-state index in [1.807, 2.05) is 18.2 Å². The molecule has 5 nitrogen and oxygen atoms in total. The average Bonchev–Trinajstić information content (AvgIpc) is 2.69. The number of nitrogens with zero attached hydrogens (tertiary/aromatic N) is 2. The molecule has 0 N–H and O–H groups in total. The Morgan fingerprint density at radius 2 is 1.85 bits per heavy atom. The SMILES string of the molecule is COc1ccc(C2=NN(CCCCBr)C(=O)[C@@H]3CCCC[C@H]23)cc1OC. The number of methoxy groups -OCH3 is 2. The highest BCUT2D eigenvalue weighted by molar-refractivity contribution is 9.09. The summed E-state index contributed by atoms with van der Waals surface area (Å²) >= 11 is 3.46. The fourth-order valence-corrected chi connectivity index (χ4v) is 4.38. The molecule has 0 unspecified atom stereocenters. The lowest BCUT2D eigenvalue weighted by atomic mass is 9.73. The van der Waals surface area contributed by atoms with Crippen LogP contribution in [-0.4, -0.2) is 42.7 Å². The van der Waals surface area contributed by atoms with Crippen LogP contribution in [0.2, 0.25) is 0 Å². The van der Waals surface area contributed by atoms with E-state index in [-0.39, 0.29) is 17.7 Å². The van der Waals surface area contributed by atoms with Crippen molar-refractivity contribution >= 4 is 27.5 Å². The van der Waals surface area contributed by atoms with Crippen LogP contribution in [0.5, 0.6) is 11.5 Å². The van der Waals surface area contributed by atoms with Gasteiger partial charge in [-0.05, 0) is 43.9 Å². The third kappa shape index (κ3) is 3.90. The third-order valence-electron chi connectivity index (χ3n) is 5.35. The highest BCUT2D eigenvalue weighted by atomic mass is 79.9. The molecule has 26 heavy (non-hydrogen) atoms. The lowest BCUT2D eigenvalue weighted by Crippen LogP contribution is -2.46. The minimum Gasteiger partial charge on any atom is -0.493 e. The zero-order chi connectivity index (χ0) is 18.5. The Morgan fingerprint density at radius 3 is 2.54 bits per heavy atom. The van der Waals surface area contributed by atoms with Crippen LogP contribution in [0.1, 0.15) is 44.1 Å². The summed E-state index contributed by atoms with van der Waals surface area (Å²) in [6.07, 6.45) is 6.27. The van der Waals surface area contributed by atoms with Gasteiger partial charge in [0.05, 0.1) is 19.9 Å². The van der Waals surface area contributed by atoms with Crippen LogP contribution in [0.25, 0.3) is 0 Å². The zero-order valence-electron chi connectivity index (χ0n) is 15.5. The van der Waals surface area contributed by atoms with Gasteiger partial charge in [0.15, 0.2) is 11.5 Å². The molecule has 1 aliphatic carbocycles. The molecule has 1 aromatic carbocycles. The molecule has 1 aliphatic heterocycles. The van der Waals surface area contributed by atoms with E-state index < -0.39 is 0 Å². The Hall–Kier alpha value is -1.56. The van der Waals surface area contributed by atoms with Crippen LogP contribution in [0.4, 0.5) is 0 Å². The van der Waals surface area contributed by atoms with E-state index in [9.17, 15) is 4.79 Å². The second-order valence-corrected chi connectivity index (χ2v) is 7.70. The van der Waals surface area contributed by atoms with Gasteiger partial charge in [0, 0.05) is 29.3 Å². The Balaban J connectivity index is 1.95. The number of benzene rings is 1. The number of hydrogen-bond acceptors (Lipinski definition) is 4. The number of rotatable bonds is 7. The second kappa shape index (κ2) is 8.89. The molecule has 0 aromatic heterocycles. The van der Waals surface area contributed by atoms with Crippen molar-refractivity contribution in [3.05, 3.63) is 23.8 Å². The summed E-state index contributed by atoms with van der Waals surface area (Å²) in [6.45, 7) is 0.685. The maximum Gasteiger partial charge on any atom is 0.246 e. The minimum absolute atomic E-state index is 0.0633. The first-order chi connectivity index (χ1) is 12.7. The molecule has 2 aliphatic rings. The molecular weight excluding hydrogens is 396 g/mol. The summed E-state index contributed by atoms with van der Waals surface area (Å²) in [5.74, 6) is 1.88. The molecule has 1 fully saturated rings. The Labute approximate surface area is 163 Å². The molecule has 1 saturated carbocycles. The Morgan fingerprint density at radius 1 is 1.12 bits per heavy atom. The van der Waals surface area contributed by atoms with Crippen LogP contribution in [0.15, 0.2) is 23.3 Å². The van der Waals surface area contributed by atoms with Gasteiger partial charge in [-0.15, -0.1) is 0 Å². The van der Waals surface area contributed by atoms with Gasteiger partial charge in [0.2, 0.25) is 5.91 Å². The quantitative estimate of drug-likeness (QED) is 0.487. The lowest BCUT2D eigenvalue weighted by Gasteiger charge is -2.38. The first kappa shape index (κ1) is 19.2. The van der Waals surface area contributed by atoms with Gasteiger partial charge in [0.25, 0.3) is 0 Å². The minimum atomic E-state index is 0.0633. The van der Waals surface area contributed by atoms with Crippen LogP contribution in [0.3, 0.4) is 0 Å². The molecule has 1 aromatic rings. The van der Waals surface area contributed by atoms with Gasteiger partial charge in [0.1, 0.15) is 0 Å². The molecule has 1 amide bonds. The van der Waals surface area contributed by atoms with Gasteiger partial charge in [-0.1, -0.05) is 28.8 Å². The largest absolute Gasteiger partial charge is 0.493 e. The normalized spacial score (nSPS) is 22.7. The third-order valence-corrected chi connectivity index (χ3v) is 5.91. The molecule has 0 radical (unpaired) electrons. The number of unbranched alkanes of at least 4 members (excludes halogenated alkanes) is 1.